The smallest absolute Gasteiger partial charge is 0.232 e. The molecule has 32 heavy (non-hydrogen) atoms. The minimum Gasteiger partial charge on any atom is -0.372 e. The second-order valence-electron chi connectivity index (χ2n) is 8.22. The lowest BCUT2D eigenvalue weighted by molar-refractivity contribution is -0.890. The van der Waals surface area contributed by atoms with E-state index in [0.717, 1.165) is 65.8 Å². The summed E-state index contributed by atoms with van der Waals surface area (Å²) in [5, 5.41) is 27.6. The van der Waals surface area contributed by atoms with Crippen LogP contribution in [0.25, 0.3) is 6.08 Å². The van der Waals surface area contributed by atoms with Gasteiger partial charge in [0.2, 0.25) is 5.13 Å². The molecule has 2 heterocycles. The molecular formula is C23H29N8S+. The van der Waals surface area contributed by atoms with E-state index in [4.69, 9.17) is 4.98 Å². The molecule has 0 aliphatic carbocycles. The van der Waals surface area contributed by atoms with Crippen LogP contribution in [0.1, 0.15) is 18.7 Å². The van der Waals surface area contributed by atoms with Gasteiger partial charge in [-0.05, 0) is 44.2 Å². The number of aromatic nitrogens is 1. The standard InChI is InChI=1S/C23H29N8S/c1-5-29(6-2)20-9-7-19(8-10-20)27-28-23-26-22(21(32-23)15-18(16-24)17-25)30-11-13-31(3,4)14-12-30/h7-10,15H,5-6,11-14H2,1-4H3/q+1. The van der Waals surface area contributed by atoms with E-state index in [2.05, 4.69) is 48.0 Å². The van der Waals surface area contributed by atoms with Crippen LogP contribution >= 0.6 is 11.3 Å². The number of rotatable bonds is 7. The summed E-state index contributed by atoms with van der Waals surface area (Å²) in [6.45, 7) is 9.89. The van der Waals surface area contributed by atoms with Crippen molar-refractivity contribution in [2.45, 2.75) is 13.8 Å². The predicted octanol–water partition coefficient (Wildman–Crippen LogP) is 4.73. The number of hydrogen-bond acceptors (Lipinski definition) is 8. The van der Waals surface area contributed by atoms with E-state index in [9.17, 15) is 10.5 Å². The number of allylic oxidation sites excluding steroid dienone is 1. The Morgan fingerprint density at radius 1 is 1.12 bits per heavy atom. The first-order valence-corrected chi connectivity index (χ1v) is 11.6. The molecule has 0 N–H and O–H groups in total. The lowest BCUT2D eigenvalue weighted by atomic mass is 10.2. The molecule has 2 aromatic rings. The second kappa shape index (κ2) is 10.4. The SMILES string of the molecule is CCN(CC)c1ccc(N=Nc2nc(N3CC[N+](C)(C)CC3)c(C=C(C#N)C#N)s2)cc1. The van der Waals surface area contributed by atoms with Crippen molar-refractivity contribution in [1.29, 1.82) is 10.5 Å². The third-order valence-corrected chi connectivity index (χ3v) is 6.49. The molecule has 1 aliphatic heterocycles. The first-order chi connectivity index (χ1) is 15.4. The average Bonchev–Trinajstić information content (AvgIpc) is 3.20. The maximum atomic E-state index is 9.20. The van der Waals surface area contributed by atoms with Gasteiger partial charge in [-0.15, -0.1) is 10.2 Å². The zero-order valence-electron chi connectivity index (χ0n) is 19.1. The number of hydrogen-bond donors (Lipinski definition) is 0. The monoisotopic (exact) mass is 449 g/mol. The van der Waals surface area contributed by atoms with Gasteiger partial charge in [0, 0.05) is 18.8 Å². The van der Waals surface area contributed by atoms with Crippen molar-refractivity contribution in [3.05, 3.63) is 34.7 Å². The second-order valence-corrected chi connectivity index (χ2v) is 9.23. The number of piperazine rings is 1. The Bertz CT molecular complexity index is 1040. The van der Waals surface area contributed by atoms with Gasteiger partial charge in [0.15, 0.2) is 0 Å². The van der Waals surface area contributed by atoms with Crippen LogP contribution in [0.4, 0.5) is 22.3 Å². The molecule has 8 nitrogen and oxygen atoms in total. The highest BCUT2D eigenvalue weighted by molar-refractivity contribution is 7.16. The van der Waals surface area contributed by atoms with Gasteiger partial charge in [-0.25, -0.2) is 0 Å². The predicted molar refractivity (Wildman–Crippen MR) is 130 cm³/mol. The van der Waals surface area contributed by atoms with Gasteiger partial charge in [0.25, 0.3) is 0 Å². The van der Waals surface area contributed by atoms with Crippen LogP contribution in [0, 0.1) is 22.7 Å². The molecule has 1 aromatic carbocycles. The van der Waals surface area contributed by atoms with Crippen molar-refractivity contribution in [3.63, 3.8) is 0 Å². The van der Waals surface area contributed by atoms with Gasteiger partial charge >= 0.3 is 0 Å². The van der Waals surface area contributed by atoms with Crippen LogP contribution in [0.5, 0.6) is 0 Å². The van der Waals surface area contributed by atoms with Crippen molar-refractivity contribution in [1.82, 2.24) is 4.98 Å². The number of azo groups is 1. The molecule has 1 aliphatic rings. The fourth-order valence-corrected chi connectivity index (χ4v) is 4.39. The van der Waals surface area contributed by atoms with E-state index in [1.165, 1.54) is 11.3 Å². The number of nitrogens with zero attached hydrogens (tertiary/aromatic N) is 8. The molecule has 1 saturated heterocycles. The summed E-state index contributed by atoms with van der Waals surface area (Å²) in [6.07, 6.45) is 1.60. The number of benzene rings is 1. The summed E-state index contributed by atoms with van der Waals surface area (Å²) < 4.78 is 0.962. The van der Waals surface area contributed by atoms with Crippen LogP contribution in [0.15, 0.2) is 40.1 Å². The van der Waals surface area contributed by atoms with Crippen LogP contribution in [-0.4, -0.2) is 62.8 Å². The van der Waals surface area contributed by atoms with Gasteiger partial charge in [-0.3, -0.25) is 0 Å². The van der Waals surface area contributed by atoms with E-state index < -0.39 is 0 Å². The number of anilines is 2. The molecule has 0 saturated carbocycles. The van der Waals surface area contributed by atoms with Crippen molar-refractivity contribution in [2.75, 3.05) is 63.2 Å². The van der Waals surface area contributed by atoms with Gasteiger partial charge < -0.3 is 14.3 Å². The molecule has 1 fully saturated rings. The molecular weight excluding hydrogens is 420 g/mol. The lowest BCUT2D eigenvalue weighted by Gasteiger charge is -2.39. The van der Waals surface area contributed by atoms with E-state index in [1.54, 1.807) is 6.08 Å². The summed E-state index contributed by atoms with van der Waals surface area (Å²) in [6, 6.07) is 11.8. The number of thiazole rings is 1. The molecule has 9 heteroatoms. The molecule has 1 aromatic heterocycles. The van der Waals surface area contributed by atoms with E-state index in [-0.39, 0.29) is 5.57 Å². The van der Waals surface area contributed by atoms with Crippen LogP contribution in [-0.2, 0) is 0 Å². The van der Waals surface area contributed by atoms with Crippen molar-refractivity contribution >= 4 is 39.7 Å². The molecule has 166 valence electrons. The Hall–Kier alpha value is -3.27. The molecule has 0 radical (unpaired) electrons. The summed E-state index contributed by atoms with van der Waals surface area (Å²) in [7, 11) is 4.43. The molecule has 3 rings (SSSR count). The van der Waals surface area contributed by atoms with Gasteiger partial charge in [-0.2, -0.15) is 15.5 Å². The van der Waals surface area contributed by atoms with Gasteiger partial charge in [0.1, 0.15) is 23.5 Å². The molecule has 0 bridgehead atoms. The number of likely N-dealkylation sites (N-methyl/N-ethyl adjacent to an activating group) is 1. The van der Waals surface area contributed by atoms with E-state index in [1.807, 2.05) is 36.4 Å². The molecule has 0 amide bonds. The maximum Gasteiger partial charge on any atom is 0.232 e. The Kier molecular flexibility index (Phi) is 7.57. The minimum atomic E-state index is 0.0542. The fraction of sp³-hybridized carbons (Fsp3) is 0.435. The van der Waals surface area contributed by atoms with Crippen molar-refractivity contribution in [2.24, 2.45) is 10.2 Å². The maximum absolute atomic E-state index is 9.20. The summed E-state index contributed by atoms with van der Waals surface area (Å²) in [5.74, 6) is 0.767. The van der Waals surface area contributed by atoms with E-state index in [0.29, 0.717) is 5.13 Å². The van der Waals surface area contributed by atoms with Gasteiger partial charge in [0.05, 0.1) is 50.8 Å². The number of nitriles is 2. The topological polar surface area (TPSA) is 91.7 Å². The van der Waals surface area contributed by atoms with Crippen LogP contribution < -0.4 is 9.80 Å². The molecule has 0 atom stereocenters. The zero-order valence-corrected chi connectivity index (χ0v) is 19.9. The lowest BCUT2D eigenvalue weighted by Crippen LogP contribution is -2.55. The van der Waals surface area contributed by atoms with Crippen molar-refractivity contribution < 1.29 is 4.48 Å². The molecule has 0 unspecified atom stereocenters. The highest BCUT2D eigenvalue weighted by Gasteiger charge is 2.27. The van der Waals surface area contributed by atoms with E-state index >= 15 is 0 Å². The first-order valence-electron chi connectivity index (χ1n) is 10.8. The third kappa shape index (κ3) is 5.70. The third-order valence-electron chi connectivity index (χ3n) is 5.62. The first kappa shape index (κ1) is 23.4. The Morgan fingerprint density at radius 3 is 2.31 bits per heavy atom. The fourth-order valence-electron chi connectivity index (χ4n) is 3.53. The van der Waals surface area contributed by atoms with Gasteiger partial charge in [-0.1, -0.05) is 11.3 Å². The van der Waals surface area contributed by atoms with Crippen LogP contribution in [0.2, 0.25) is 0 Å². The highest BCUT2D eigenvalue weighted by Crippen LogP contribution is 2.35. The average molecular weight is 450 g/mol. The van der Waals surface area contributed by atoms with Crippen LogP contribution in [0.3, 0.4) is 0 Å². The Morgan fingerprint density at radius 2 is 1.75 bits per heavy atom. The normalized spacial score (nSPS) is 15.2. The largest absolute Gasteiger partial charge is 0.372 e. The summed E-state index contributed by atoms with van der Waals surface area (Å²) in [4.78, 5) is 9.94. The highest BCUT2D eigenvalue weighted by atomic mass is 32.1. The Balaban J connectivity index is 1.85. The van der Waals surface area contributed by atoms with Crippen molar-refractivity contribution in [3.8, 4) is 12.1 Å². The minimum absolute atomic E-state index is 0.0542. The summed E-state index contributed by atoms with van der Waals surface area (Å²) in [5.41, 5.74) is 1.96. The molecule has 0 spiro atoms. The Labute approximate surface area is 193 Å². The number of quaternary nitrogens is 1. The zero-order chi connectivity index (χ0) is 23.1. The quantitative estimate of drug-likeness (QED) is 0.346. The summed E-state index contributed by atoms with van der Waals surface area (Å²) >= 11 is 1.34.